The van der Waals surface area contributed by atoms with Crippen LogP contribution in [-0.4, -0.2) is 35.5 Å². The molecule has 0 saturated carbocycles. The van der Waals surface area contributed by atoms with E-state index < -0.39 is 0 Å². The molecule has 1 N–H and O–H groups in total. The SMILES string of the molecule is CCC(C)(C)NC(=O)C(C)N(CCC#N)CC(C)C. The molecule has 0 rings (SSSR count). The van der Waals surface area contributed by atoms with Crippen LogP contribution in [0.15, 0.2) is 0 Å². The molecule has 0 radical (unpaired) electrons. The number of amides is 1. The normalized spacial score (nSPS) is 13.4. The van der Waals surface area contributed by atoms with E-state index in [1.165, 1.54) is 0 Å². The highest BCUT2D eigenvalue weighted by molar-refractivity contribution is 5.82. The molecule has 1 atom stereocenters. The zero-order chi connectivity index (χ0) is 15.1. The van der Waals surface area contributed by atoms with Crippen molar-refractivity contribution in [3.8, 4) is 6.07 Å². The molecule has 0 saturated heterocycles. The second-order valence-electron chi connectivity index (χ2n) is 6.20. The van der Waals surface area contributed by atoms with Gasteiger partial charge < -0.3 is 5.32 Å². The fraction of sp³-hybridized carbons (Fsp3) is 0.867. The summed E-state index contributed by atoms with van der Waals surface area (Å²) in [4.78, 5) is 14.4. The van der Waals surface area contributed by atoms with E-state index in [2.05, 4.69) is 37.1 Å². The first-order valence-electron chi connectivity index (χ1n) is 7.16. The van der Waals surface area contributed by atoms with E-state index in [0.717, 1.165) is 13.0 Å². The number of carbonyl (C=O) groups excluding carboxylic acids is 1. The molecule has 19 heavy (non-hydrogen) atoms. The Morgan fingerprint density at radius 3 is 2.37 bits per heavy atom. The molecule has 110 valence electrons. The Labute approximate surface area is 118 Å². The number of nitrogens with one attached hydrogen (secondary N) is 1. The summed E-state index contributed by atoms with van der Waals surface area (Å²) in [6, 6.07) is 1.96. The fourth-order valence-corrected chi connectivity index (χ4v) is 1.80. The van der Waals surface area contributed by atoms with Crippen LogP contribution >= 0.6 is 0 Å². The van der Waals surface area contributed by atoms with Crippen molar-refractivity contribution in [3.05, 3.63) is 0 Å². The third-order valence-corrected chi connectivity index (χ3v) is 3.38. The van der Waals surface area contributed by atoms with E-state index in [4.69, 9.17) is 5.26 Å². The number of hydrogen-bond donors (Lipinski definition) is 1. The Balaban J connectivity index is 4.64. The van der Waals surface area contributed by atoms with Gasteiger partial charge in [0.05, 0.1) is 12.1 Å². The van der Waals surface area contributed by atoms with Crippen LogP contribution in [0.5, 0.6) is 0 Å². The third kappa shape index (κ3) is 7.17. The molecule has 4 heteroatoms. The molecule has 0 aliphatic rings. The lowest BCUT2D eigenvalue weighted by atomic mass is 10.0. The van der Waals surface area contributed by atoms with E-state index >= 15 is 0 Å². The highest BCUT2D eigenvalue weighted by atomic mass is 16.2. The van der Waals surface area contributed by atoms with Gasteiger partial charge in [-0.3, -0.25) is 9.69 Å². The van der Waals surface area contributed by atoms with Gasteiger partial charge in [-0.15, -0.1) is 0 Å². The monoisotopic (exact) mass is 267 g/mol. The van der Waals surface area contributed by atoms with E-state index in [-0.39, 0.29) is 17.5 Å². The summed E-state index contributed by atoms with van der Waals surface area (Å²) >= 11 is 0. The van der Waals surface area contributed by atoms with Gasteiger partial charge in [-0.1, -0.05) is 20.8 Å². The van der Waals surface area contributed by atoms with Crippen molar-refractivity contribution in [3.63, 3.8) is 0 Å². The smallest absolute Gasteiger partial charge is 0.237 e. The van der Waals surface area contributed by atoms with Crippen LogP contribution in [0.2, 0.25) is 0 Å². The maximum atomic E-state index is 12.3. The minimum Gasteiger partial charge on any atom is -0.350 e. The lowest BCUT2D eigenvalue weighted by Gasteiger charge is -2.32. The number of carbonyl (C=O) groups is 1. The van der Waals surface area contributed by atoms with Gasteiger partial charge >= 0.3 is 0 Å². The topological polar surface area (TPSA) is 56.1 Å². The molecule has 0 aromatic carbocycles. The van der Waals surface area contributed by atoms with Gasteiger partial charge in [0.15, 0.2) is 0 Å². The van der Waals surface area contributed by atoms with Crippen LogP contribution in [0.4, 0.5) is 0 Å². The molecule has 1 unspecified atom stereocenters. The lowest BCUT2D eigenvalue weighted by Crippen LogP contribution is -2.52. The predicted molar refractivity (Wildman–Crippen MR) is 78.6 cm³/mol. The van der Waals surface area contributed by atoms with Crippen molar-refractivity contribution in [2.45, 2.75) is 66.0 Å². The molecule has 0 aromatic heterocycles. The third-order valence-electron chi connectivity index (χ3n) is 3.38. The molecular weight excluding hydrogens is 238 g/mol. The molecule has 0 spiro atoms. The van der Waals surface area contributed by atoms with Crippen LogP contribution in [0.3, 0.4) is 0 Å². The highest BCUT2D eigenvalue weighted by Gasteiger charge is 2.26. The lowest BCUT2D eigenvalue weighted by molar-refractivity contribution is -0.127. The van der Waals surface area contributed by atoms with E-state index in [1.807, 2.05) is 20.8 Å². The van der Waals surface area contributed by atoms with Crippen molar-refractivity contribution in [1.29, 1.82) is 5.26 Å². The maximum Gasteiger partial charge on any atom is 0.237 e. The molecule has 4 nitrogen and oxygen atoms in total. The summed E-state index contributed by atoms with van der Waals surface area (Å²) in [6.45, 7) is 13.8. The molecular formula is C15H29N3O. The minimum absolute atomic E-state index is 0.0467. The summed E-state index contributed by atoms with van der Waals surface area (Å²) in [5, 5.41) is 11.8. The number of hydrogen-bond acceptors (Lipinski definition) is 3. The predicted octanol–water partition coefficient (Wildman–Crippen LogP) is 2.55. The summed E-state index contributed by atoms with van der Waals surface area (Å²) in [5.74, 6) is 0.526. The number of nitriles is 1. The van der Waals surface area contributed by atoms with Gasteiger partial charge in [0.25, 0.3) is 0 Å². The Morgan fingerprint density at radius 2 is 1.95 bits per heavy atom. The molecule has 0 aliphatic heterocycles. The van der Waals surface area contributed by atoms with E-state index in [1.54, 1.807) is 0 Å². The van der Waals surface area contributed by atoms with Gasteiger partial charge in [0.2, 0.25) is 5.91 Å². The Hall–Kier alpha value is -1.08. The summed E-state index contributed by atoms with van der Waals surface area (Å²) < 4.78 is 0. The van der Waals surface area contributed by atoms with Crippen molar-refractivity contribution in [2.75, 3.05) is 13.1 Å². The van der Waals surface area contributed by atoms with Crippen LogP contribution in [0.1, 0.15) is 54.4 Å². The van der Waals surface area contributed by atoms with Gasteiger partial charge in [-0.25, -0.2) is 0 Å². The molecule has 1 amide bonds. The van der Waals surface area contributed by atoms with Crippen LogP contribution in [-0.2, 0) is 4.79 Å². The van der Waals surface area contributed by atoms with Crippen molar-refractivity contribution >= 4 is 5.91 Å². The van der Waals surface area contributed by atoms with Gasteiger partial charge in [-0.05, 0) is 33.1 Å². The van der Waals surface area contributed by atoms with Crippen LogP contribution in [0, 0.1) is 17.2 Å². The standard InChI is InChI=1S/C15H29N3O/c1-7-15(5,6)17-14(19)13(4)18(10-8-9-16)11-12(2)3/h12-13H,7-8,10-11H2,1-6H3,(H,17,19). The van der Waals surface area contributed by atoms with E-state index in [9.17, 15) is 4.79 Å². The summed E-state index contributed by atoms with van der Waals surface area (Å²) in [6.07, 6.45) is 1.36. The molecule has 0 fully saturated rings. The van der Waals surface area contributed by atoms with Crippen LogP contribution in [0.25, 0.3) is 0 Å². The first kappa shape index (κ1) is 17.9. The van der Waals surface area contributed by atoms with Gasteiger partial charge in [0, 0.05) is 25.0 Å². The first-order valence-corrected chi connectivity index (χ1v) is 7.16. The summed E-state index contributed by atoms with van der Waals surface area (Å²) in [7, 11) is 0. The molecule has 0 bridgehead atoms. The second-order valence-corrected chi connectivity index (χ2v) is 6.20. The summed E-state index contributed by atoms with van der Waals surface area (Å²) in [5.41, 5.74) is -0.177. The van der Waals surface area contributed by atoms with Gasteiger partial charge in [0.1, 0.15) is 0 Å². The average Bonchev–Trinajstić information content (AvgIpc) is 2.32. The second kappa shape index (κ2) is 8.16. The molecule has 0 heterocycles. The molecule has 0 aromatic rings. The highest BCUT2D eigenvalue weighted by Crippen LogP contribution is 2.10. The fourth-order valence-electron chi connectivity index (χ4n) is 1.80. The number of rotatable bonds is 8. The Bertz CT molecular complexity index is 318. The van der Waals surface area contributed by atoms with Gasteiger partial charge in [-0.2, -0.15) is 5.26 Å². The first-order chi connectivity index (χ1) is 8.73. The average molecular weight is 267 g/mol. The number of nitrogens with zero attached hydrogens (tertiary/aromatic N) is 2. The quantitative estimate of drug-likeness (QED) is 0.735. The Morgan fingerprint density at radius 1 is 1.37 bits per heavy atom. The minimum atomic E-state index is -0.193. The van der Waals surface area contributed by atoms with Crippen molar-refractivity contribution < 1.29 is 4.79 Å². The zero-order valence-corrected chi connectivity index (χ0v) is 13.3. The molecule has 0 aliphatic carbocycles. The maximum absolute atomic E-state index is 12.3. The van der Waals surface area contributed by atoms with Crippen LogP contribution < -0.4 is 5.32 Å². The Kier molecular flexibility index (Phi) is 7.70. The zero-order valence-electron chi connectivity index (χ0n) is 13.3. The van der Waals surface area contributed by atoms with Crippen molar-refractivity contribution in [2.24, 2.45) is 5.92 Å². The largest absolute Gasteiger partial charge is 0.350 e. The van der Waals surface area contributed by atoms with E-state index in [0.29, 0.717) is 18.9 Å². The van der Waals surface area contributed by atoms with Crippen molar-refractivity contribution in [1.82, 2.24) is 10.2 Å².